The highest BCUT2D eigenvalue weighted by Crippen LogP contribution is 2.46. The van der Waals surface area contributed by atoms with E-state index < -0.39 is 17.4 Å². The number of nitrogens with one attached hydrogen (secondary N) is 1. The molecule has 94 valence electrons. The molecular formula is C10H9BrF3NOS. The number of halogens is 4. The number of hydrogen-bond acceptors (Lipinski definition) is 3. The Morgan fingerprint density at radius 3 is 2.59 bits per heavy atom. The molecule has 0 radical (unpaired) electrons. The lowest BCUT2D eigenvalue weighted by Gasteiger charge is -2.29. The smallest absolute Gasteiger partial charge is 0.315 e. The monoisotopic (exact) mass is 327 g/mol. The molecule has 0 spiro atoms. The van der Waals surface area contributed by atoms with Gasteiger partial charge in [0.05, 0.1) is 0 Å². The standard InChI is InChI=1S/C10H9BrF3NOS/c11-7-4-17-3-6(7)8(16)9(10(12,13)14)1-2-15-5-9/h3-4,15H,1-2,5H2. The third-order valence-electron chi connectivity index (χ3n) is 2.99. The van der Waals surface area contributed by atoms with Crippen molar-refractivity contribution in [3.63, 3.8) is 0 Å². The minimum atomic E-state index is -4.52. The van der Waals surface area contributed by atoms with Gasteiger partial charge in [0.25, 0.3) is 0 Å². The van der Waals surface area contributed by atoms with Crippen molar-refractivity contribution in [3.8, 4) is 0 Å². The summed E-state index contributed by atoms with van der Waals surface area (Å²) in [5.41, 5.74) is -2.15. The molecule has 0 aliphatic carbocycles. The van der Waals surface area contributed by atoms with Gasteiger partial charge in [-0.05, 0) is 28.9 Å². The minimum Gasteiger partial charge on any atom is -0.315 e. The van der Waals surface area contributed by atoms with Crippen molar-refractivity contribution in [2.75, 3.05) is 13.1 Å². The maximum Gasteiger partial charge on any atom is 0.402 e. The van der Waals surface area contributed by atoms with Gasteiger partial charge < -0.3 is 5.32 Å². The lowest BCUT2D eigenvalue weighted by atomic mass is 9.79. The Bertz CT molecular complexity index is 437. The van der Waals surface area contributed by atoms with Gasteiger partial charge in [-0.1, -0.05) is 0 Å². The fourth-order valence-corrected chi connectivity index (χ4v) is 3.41. The van der Waals surface area contributed by atoms with Gasteiger partial charge in [0.15, 0.2) is 5.78 Å². The highest BCUT2D eigenvalue weighted by molar-refractivity contribution is 9.10. The second-order valence-electron chi connectivity index (χ2n) is 3.97. The van der Waals surface area contributed by atoms with Crippen molar-refractivity contribution < 1.29 is 18.0 Å². The van der Waals surface area contributed by atoms with E-state index >= 15 is 0 Å². The molecule has 1 unspecified atom stereocenters. The van der Waals surface area contributed by atoms with Gasteiger partial charge >= 0.3 is 6.18 Å². The van der Waals surface area contributed by atoms with Crippen LogP contribution in [0, 0.1) is 5.41 Å². The highest BCUT2D eigenvalue weighted by Gasteiger charge is 2.61. The third kappa shape index (κ3) is 2.04. The van der Waals surface area contributed by atoms with Gasteiger partial charge in [-0.2, -0.15) is 24.5 Å². The number of thiophene rings is 1. The Hall–Kier alpha value is -0.400. The molecule has 2 rings (SSSR count). The molecule has 0 amide bonds. The van der Waals surface area contributed by atoms with Gasteiger partial charge in [0.2, 0.25) is 0 Å². The number of ketones is 1. The highest BCUT2D eigenvalue weighted by atomic mass is 79.9. The maximum absolute atomic E-state index is 13.1. The predicted octanol–water partition coefficient (Wildman–Crippen LogP) is 3.24. The third-order valence-corrected chi connectivity index (χ3v) is 4.69. The van der Waals surface area contributed by atoms with Gasteiger partial charge in [0, 0.05) is 27.3 Å². The summed E-state index contributed by atoms with van der Waals surface area (Å²) in [4.78, 5) is 12.1. The molecular weight excluding hydrogens is 319 g/mol. The molecule has 0 bridgehead atoms. The molecule has 17 heavy (non-hydrogen) atoms. The molecule has 1 aliphatic rings. The number of carbonyl (C=O) groups excluding carboxylic acids is 1. The molecule has 1 aromatic rings. The number of carbonyl (C=O) groups is 1. The molecule has 0 saturated carbocycles. The van der Waals surface area contributed by atoms with Crippen molar-refractivity contribution in [1.82, 2.24) is 5.32 Å². The van der Waals surface area contributed by atoms with Crippen LogP contribution in [0.2, 0.25) is 0 Å². The number of Topliss-reactive ketones (excluding diaryl/α,β-unsaturated/α-hetero) is 1. The lowest BCUT2D eigenvalue weighted by Crippen LogP contribution is -2.46. The SMILES string of the molecule is O=C(c1cscc1Br)C1(C(F)(F)F)CCNC1. The first-order valence-corrected chi connectivity index (χ1v) is 6.66. The van der Waals surface area contributed by atoms with Crippen LogP contribution in [0.4, 0.5) is 13.2 Å². The average Bonchev–Trinajstić information content (AvgIpc) is 2.83. The molecule has 1 saturated heterocycles. The van der Waals surface area contributed by atoms with Crippen LogP contribution < -0.4 is 5.32 Å². The Morgan fingerprint density at radius 1 is 1.47 bits per heavy atom. The second kappa shape index (κ2) is 4.37. The fraction of sp³-hybridized carbons (Fsp3) is 0.500. The van der Waals surface area contributed by atoms with Gasteiger partial charge in [0.1, 0.15) is 5.41 Å². The summed E-state index contributed by atoms with van der Waals surface area (Å²) in [6.07, 6.45) is -4.72. The van der Waals surface area contributed by atoms with Crippen LogP contribution in [0.5, 0.6) is 0 Å². The zero-order valence-electron chi connectivity index (χ0n) is 8.60. The quantitative estimate of drug-likeness (QED) is 0.845. The van der Waals surface area contributed by atoms with E-state index in [1.54, 1.807) is 5.38 Å². The van der Waals surface area contributed by atoms with Crippen LogP contribution in [0.1, 0.15) is 16.8 Å². The van der Waals surface area contributed by atoms with E-state index in [2.05, 4.69) is 21.2 Å². The number of alkyl halides is 3. The van der Waals surface area contributed by atoms with Crippen molar-refractivity contribution in [3.05, 3.63) is 20.8 Å². The van der Waals surface area contributed by atoms with Crippen LogP contribution in [-0.2, 0) is 0 Å². The summed E-state index contributed by atoms with van der Waals surface area (Å²) in [5.74, 6) is -0.844. The fourth-order valence-electron chi connectivity index (χ4n) is 1.96. The van der Waals surface area contributed by atoms with Crippen LogP contribution in [-0.4, -0.2) is 25.0 Å². The van der Waals surface area contributed by atoms with Crippen LogP contribution in [0.25, 0.3) is 0 Å². The number of hydrogen-bond donors (Lipinski definition) is 1. The van der Waals surface area contributed by atoms with E-state index in [9.17, 15) is 18.0 Å². The van der Waals surface area contributed by atoms with E-state index in [0.717, 1.165) is 0 Å². The molecule has 1 aliphatic heterocycles. The Morgan fingerprint density at radius 2 is 2.18 bits per heavy atom. The first-order chi connectivity index (χ1) is 7.88. The minimum absolute atomic E-state index is 0.121. The molecule has 1 atom stereocenters. The summed E-state index contributed by atoms with van der Waals surface area (Å²) in [6, 6.07) is 0. The summed E-state index contributed by atoms with van der Waals surface area (Å²) in [5, 5.41) is 5.70. The maximum atomic E-state index is 13.1. The lowest BCUT2D eigenvalue weighted by molar-refractivity contribution is -0.197. The normalized spacial score (nSPS) is 25.2. The Kier molecular flexibility index (Phi) is 3.35. The topological polar surface area (TPSA) is 29.1 Å². The van der Waals surface area contributed by atoms with Crippen LogP contribution in [0.15, 0.2) is 15.2 Å². The van der Waals surface area contributed by atoms with Crippen molar-refractivity contribution in [2.24, 2.45) is 5.41 Å². The summed E-state index contributed by atoms with van der Waals surface area (Å²) in [6.45, 7) is -0.120. The first kappa shape index (κ1) is 13.0. The molecule has 0 aromatic carbocycles. The second-order valence-corrected chi connectivity index (χ2v) is 5.57. The van der Waals surface area contributed by atoms with Crippen molar-refractivity contribution in [1.29, 1.82) is 0 Å². The van der Waals surface area contributed by atoms with E-state index in [0.29, 0.717) is 4.47 Å². The molecule has 1 aromatic heterocycles. The number of rotatable bonds is 2. The summed E-state index contributed by atoms with van der Waals surface area (Å²) >= 11 is 4.31. The van der Waals surface area contributed by atoms with Gasteiger partial charge in [-0.25, -0.2) is 0 Å². The van der Waals surface area contributed by atoms with Crippen LogP contribution in [0.3, 0.4) is 0 Å². The summed E-state index contributed by atoms with van der Waals surface area (Å²) in [7, 11) is 0. The Balaban J connectivity index is 2.42. The van der Waals surface area contributed by atoms with E-state index in [1.807, 2.05) is 0 Å². The Labute approximate surface area is 108 Å². The largest absolute Gasteiger partial charge is 0.402 e. The zero-order valence-corrected chi connectivity index (χ0v) is 11.0. The molecule has 1 N–H and O–H groups in total. The predicted molar refractivity (Wildman–Crippen MR) is 62.3 cm³/mol. The van der Waals surface area contributed by atoms with Gasteiger partial charge in [-0.3, -0.25) is 4.79 Å². The van der Waals surface area contributed by atoms with Crippen molar-refractivity contribution in [2.45, 2.75) is 12.6 Å². The molecule has 7 heteroatoms. The van der Waals surface area contributed by atoms with Crippen molar-refractivity contribution >= 4 is 33.0 Å². The molecule has 1 fully saturated rings. The average molecular weight is 328 g/mol. The van der Waals surface area contributed by atoms with E-state index in [4.69, 9.17) is 0 Å². The zero-order chi connectivity index (χ0) is 12.7. The van der Waals surface area contributed by atoms with E-state index in [1.165, 1.54) is 16.7 Å². The van der Waals surface area contributed by atoms with Gasteiger partial charge in [-0.15, -0.1) is 0 Å². The molecule has 2 nitrogen and oxygen atoms in total. The van der Waals surface area contributed by atoms with E-state index in [-0.39, 0.29) is 25.1 Å². The van der Waals surface area contributed by atoms with Crippen LogP contribution >= 0.6 is 27.3 Å². The first-order valence-electron chi connectivity index (χ1n) is 4.92. The summed E-state index contributed by atoms with van der Waals surface area (Å²) < 4.78 is 39.8. The molecule has 2 heterocycles.